The smallest absolute Gasteiger partial charge is 0.407 e. The first-order chi connectivity index (χ1) is 14.8. The molecule has 2 aromatic rings. The van der Waals surface area contributed by atoms with Gasteiger partial charge in [-0.1, -0.05) is 23.2 Å². The van der Waals surface area contributed by atoms with E-state index in [0.717, 1.165) is 11.8 Å². The average molecular weight is 509 g/mol. The van der Waals surface area contributed by atoms with Crippen molar-refractivity contribution in [2.45, 2.75) is 41.6 Å². The van der Waals surface area contributed by atoms with E-state index in [1.165, 1.54) is 24.3 Å². The molecule has 1 heterocycles. The second-order valence-electron chi connectivity index (χ2n) is 8.38. The van der Waals surface area contributed by atoms with Crippen molar-refractivity contribution >= 4 is 33.0 Å². The molecule has 174 valence electrons. The molecule has 0 saturated carbocycles. The Kier molecular flexibility index (Phi) is 5.95. The summed E-state index contributed by atoms with van der Waals surface area (Å²) in [7, 11) is -3.38. The first-order valence-electron chi connectivity index (χ1n) is 9.83. The zero-order valence-electron chi connectivity index (χ0n) is 17.0. The Morgan fingerprint density at radius 1 is 1.19 bits per heavy atom. The molecule has 0 spiro atoms. The zero-order chi connectivity index (χ0) is 23.5. The first kappa shape index (κ1) is 23.6. The predicted octanol–water partition coefficient (Wildman–Crippen LogP) is 4.41. The average Bonchev–Trinajstić information content (AvgIpc) is 3.24. The number of halogens is 5. The van der Waals surface area contributed by atoms with Gasteiger partial charge in [-0.15, -0.1) is 0 Å². The van der Waals surface area contributed by atoms with Crippen LogP contribution >= 0.6 is 23.2 Å². The molecular formula is C21H21Cl2F3N2O3S. The van der Waals surface area contributed by atoms with Crippen LogP contribution in [0.25, 0.3) is 0 Å². The largest absolute Gasteiger partial charge is 0.484 e. The first-order valence-corrected chi connectivity index (χ1v) is 12.5. The molecule has 1 unspecified atom stereocenters. The lowest BCUT2D eigenvalue weighted by molar-refractivity contribution is -0.182. The highest BCUT2D eigenvalue weighted by Crippen LogP contribution is 2.45. The third-order valence-electron chi connectivity index (χ3n) is 6.14. The summed E-state index contributed by atoms with van der Waals surface area (Å²) in [5.41, 5.74) is 4.87. The highest BCUT2D eigenvalue weighted by atomic mass is 35.5. The fourth-order valence-electron chi connectivity index (χ4n) is 4.37. The van der Waals surface area contributed by atoms with Gasteiger partial charge in [0.1, 0.15) is 17.4 Å². The standard InChI is InChI=1S/C21H21Cl2F3N2O3S/c1-32(29,30)14-4-2-13(3-5-14)31-19-16-8-12(22)9-17(23)15(16)10-18(19)28-7-6-20(27,11-28)21(24,25)26/h2-5,8-9,18-19H,6-7,10-11,27H2,1H3/t18-,19+,20?/m0/s1. The van der Waals surface area contributed by atoms with E-state index in [9.17, 15) is 21.6 Å². The van der Waals surface area contributed by atoms with Crippen LogP contribution < -0.4 is 10.5 Å². The monoisotopic (exact) mass is 508 g/mol. The number of nitrogens with two attached hydrogens (primary N) is 1. The molecule has 1 fully saturated rings. The van der Waals surface area contributed by atoms with Crippen LogP contribution in [0, 0.1) is 0 Å². The summed E-state index contributed by atoms with van der Waals surface area (Å²) in [6.07, 6.45) is -3.91. The van der Waals surface area contributed by atoms with Crippen molar-refractivity contribution in [2.24, 2.45) is 5.73 Å². The summed E-state index contributed by atoms with van der Waals surface area (Å²) in [5.74, 6) is 0.380. The van der Waals surface area contributed by atoms with E-state index in [-0.39, 0.29) is 24.4 Å². The number of rotatable bonds is 4. The number of hydrogen-bond donors (Lipinski definition) is 1. The normalized spacial score (nSPS) is 26.3. The summed E-state index contributed by atoms with van der Waals surface area (Å²) >= 11 is 12.6. The van der Waals surface area contributed by atoms with Gasteiger partial charge in [-0.25, -0.2) is 8.42 Å². The van der Waals surface area contributed by atoms with Gasteiger partial charge in [0.15, 0.2) is 9.84 Å². The maximum atomic E-state index is 13.5. The van der Waals surface area contributed by atoms with E-state index < -0.39 is 33.7 Å². The van der Waals surface area contributed by atoms with E-state index in [1.54, 1.807) is 17.0 Å². The highest BCUT2D eigenvalue weighted by Gasteiger charge is 2.57. The van der Waals surface area contributed by atoms with E-state index in [1.807, 2.05) is 0 Å². The highest BCUT2D eigenvalue weighted by molar-refractivity contribution is 7.90. The molecule has 32 heavy (non-hydrogen) atoms. The summed E-state index contributed by atoms with van der Waals surface area (Å²) in [4.78, 5) is 1.82. The fourth-order valence-corrected chi connectivity index (χ4v) is 5.59. The van der Waals surface area contributed by atoms with Gasteiger partial charge in [0.25, 0.3) is 0 Å². The second-order valence-corrected chi connectivity index (χ2v) is 11.2. The van der Waals surface area contributed by atoms with Gasteiger partial charge in [-0.3, -0.25) is 4.90 Å². The van der Waals surface area contributed by atoms with E-state index in [2.05, 4.69) is 0 Å². The fraction of sp³-hybridized carbons (Fsp3) is 0.429. The lowest BCUT2D eigenvalue weighted by Gasteiger charge is -2.32. The van der Waals surface area contributed by atoms with Crippen molar-refractivity contribution in [1.82, 2.24) is 4.90 Å². The lowest BCUT2D eigenvalue weighted by atomic mass is 10.00. The summed E-state index contributed by atoms with van der Waals surface area (Å²) < 4.78 is 70.1. The summed E-state index contributed by atoms with van der Waals surface area (Å²) in [5, 5.41) is 0.811. The Labute approximate surface area is 194 Å². The minimum absolute atomic E-state index is 0.136. The van der Waals surface area contributed by atoms with Crippen LogP contribution in [-0.2, 0) is 16.3 Å². The molecule has 2 aromatic carbocycles. The van der Waals surface area contributed by atoms with Crippen LogP contribution in [0.15, 0.2) is 41.3 Å². The van der Waals surface area contributed by atoms with Gasteiger partial charge >= 0.3 is 6.18 Å². The van der Waals surface area contributed by atoms with Gasteiger partial charge in [0, 0.05) is 35.0 Å². The molecular weight excluding hydrogens is 488 g/mol. The third kappa shape index (κ3) is 4.33. The molecule has 5 nitrogen and oxygen atoms in total. The molecule has 0 radical (unpaired) electrons. The summed E-state index contributed by atoms with van der Waals surface area (Å²) in [6.45, 7) is -0.194. The van der Waals surface area contributed by atoms with Crippen molar-refractivity contribution in [3.8, 4) is 5.75 Å². The maximum absolute atomic E-state index is 13.5. The van der Waals surface area contributed by atoms with Crippen LogP contribution in [-0.4, -0.2) is 50.4 Å². The second kappa shape index (κ2) is 8.06. The molecule has 2 N–H and O–H groups in total. The number of fused-ring (bicyclic) bond motifs is 1. The Balaban J connectivity index is 1.67. The Morgan fingerprint density at radius 2 is 1.84 bits per heavy atom. The van der Waals surface area contributed by atoms with Gasteiger partial charge in [0.05, 0.1) is 10.9 Å². The number of hydrogen-bond acceptors (Lipinski definition) is 5. The van der Waals surface area contributed by atoms with Crippen molar-refractivity contribution in [2.75, 3.05) is 19.3 Å². The molecule has 11 heteroatoms. The van der Waals surface area contributed by atoms with E-state index in [4.69, 9.17) is 33.7 Å². The molecule has 2 aliphatic rings. The quantitative estimate of drug-likeness (QED) is 0.662. The van der Waals surface area contributed by atoms with Gasteiger partial charge in [0.2, 0.25) is 0 Å². The maximum Gasteiger partial charge on any atom is 0.407 e. The number of likely N-dealkylation sites (tertiary alicyclic amines) is 1. The molecule has 0 bridgehead atoms. The molecule has 3 atom stereocenters. The molecule has 1 aliphatic heterocycles. The van der Waals surface area contributed by atoms with Crippen molar-refractivity contribution in [3.05, 3.63) is 57.6 Å². The summed E-state index contributed by atoms with van der Waals surface area (Å²) in [6, 6.07) is 8.73. The van der Waals surface area contributed by atoms with Crippen LogP contribution in [0.1, 0.15) is 23.7 Å². The van der Waals surface area contributed by atoms with Crippen LogP contribution in [0.5, 0.6) is 5.75 Å². The molecule has 1 saturated heterocycles. The zero-order valence-corrected chi connectivity index (χ0v) is 19.3. The SMILES string of the molecule is CS(=O)(=O)c1ccc(O[C@@H]2c3cc(Cl)cc(Cl)c3C[C@@H]2N2CCC(N)(C(F)(F)F)C2)cc1. The predicted molar refractivity (Wildman–Crippen MR) is 116 cm³/mol. The van der Waals surface area contributed by atoms with Crippen molar-refractivity contribution in [3.63, 3.8) is 0 Å². The van der Waals surface area contributed by atoms with Gasteiger partial charge in [-0.05, 0) is 54.8 Å². The number of ether oxygens (including phenoxy) is 1. The number of nitrogens with zero attached hydrogens (tertiary/aromatic N) is 1. The molecule has 1 aliphatic carbocycles. The molecule has 4 rings (SSSR count). The Hall–Kier alpha value is -1.52. The number of sulfone groups is 1. The van der Waals surface area contributed by atoms with Crippen LogP contribution in [0.4, 0.5) is 13.2 Å². The van der Waals surface area contributed by atoms with E-state index in [0.29, 0.717) is 27.8 Å². The lowest BCUT2D eigenvalue weighted by Crippen LogP contribution is -2.56. The third-order valence-corrected chi connectivity index (χ3v) is 7.83. The van der Waals surface area contributed by atoms with Crippen LogP contribution in [0.2, 0.25) is 10.0 Å². The minimum Gasteiger partial charge on any atom is -0.484 e. The number of alkyl halides is 3. The van der Waals surface area contributed by atoms with Crippen molar-refractivity contribution < 1.29 is 26.3 Å². The number of benzene rings is 2. The topological polar surface area (TPSA) is 72.6 Å². The van der Waals surface area contributed by atoms with Gasteiger partial charge < -0.3 is 10.5 Å². The van der Waals surface area contributed by atoms with Crippen LogP contribution in [0.3, 0.4) is 0 Å². The van der Waals surface area contributed by atoms with Gasteiger partial charge in [-0.2, -0.15) is 13.2 Å². The van der Waals surface area contributed by atoms with E-state index >= 15 is 0 Å². The molecule has 0 amide bonds. The molecule has 0 aromatic heterocycles. The minimum atomic E-state index is -4.52. The van der Waals surface area contributed by atoms with Crippen molar-refractivity contribution in [1.29, 1.82) is 0 Å². The Morgan fingerprint density at radius 3 is 2.41 bits per heavy atom. The Bertz CT molecular complexity index is 1140.